The van der Waals surface area contributed by atoms with Gasteiger partial charge in [0.1, 0.15) is 0 Å². The first-order valence-electron chi connectivity index (χ1n) is 10.2. The Hall–Kier alpha value is -3.15. The van der Waals surface area contributed by atoms with Crippen LogP contribution in [0.3, 0.4) is 0 Å². The largest absolute Gasteiger partial charge is 0.454 e. The predicted molar refractivity (Wildman–Crippen MR) is 117 cm³/mol. The Morgan fingerprint density at radius 3 is 2.07 bits per heavy atom. The van der Waals surface area contributed by atoms with Crippen molar-refractivity contribution in [2.24, 2.45) is 0 Å². The number of carbonyl (C=O) groups excluding carboxylic acids is 3. The third kappa shape index (κ3) is 7.03. The van der Waals surface area contributed by atoms with Crippen LogP contribution in [0, 0.1) is 0 Å². The maximum atomic E-state index is 12.3. The van der Waals surface area contributed by atoms with Gasteiger partial charge in [0.15, 0.2) is 12.4 Å². The van der Waals surface area contributed by atoms with Crippen LogP contribution in [-0.4, -0.2) is 30.4 Å². The maximum Gasteiger partial charge on any atom is 0.338 e. The standard InChI is InChI=1S/C24H30N2O4/c1-5-17(4)19-10-12-20(13-11-19)22(27)15-30-23(28)21-8-6-18(7-9-21)14-25-24(29)26-16(2)3/h6-13,16-17H,5,14-15H2,1-4H3,(H2,25,26,29)/t17-/m0/s1. The van der Waals surface area contributed by atoms with E-state index < -0.39 is 5.97 Å². The van der Waals surface area contributed by atoms with Crippen LogP contribution in [0.2, 0.25) is 0 Å². The summed E-state index contributed by atoms with van der Waals surface area (Å²) in [5, 5.41) is 5.48. The first-order valence-corrected chi connectivity index (χ1v) is 10.2. The Bertz CT molecular complexity index is 858. The van der Waals surface area contributed by atoms with Crippen LogP contribution in [-0.2, 0) is 11.3 Å². The molecule has 2 aromatic carbocycles. The van der Waals surface area contributed by atoms with Gasteiger partial charge in [0.25, 0.3) is 0 Å². The predicted octanol–water partition coefficient (Wildman–Crippen LogP) is 4.45. The van der Waals surface area contributed by atoms with Crippen molar-refractivity contribution in [1.82, 2.24) is 10.6 Å². The van der Waals surface area contributed by atoms with E-state index in [2.05, 4.69) is 24.5 Å². The van der Waals surface area contributed by atoms with Gasteiger partial charge in [-0.15, -0.1) is 0 Å². The second-order valence-corrected chi connectivity index (χ2v) is 7.61. The normalized spacial score (nSPS) is 11.6. The van der Waals surface area contributed by atoms with Crippen LogP contribution in [0.5, 0.6) is 0 Å². The minimum atomic E-state index is -0.559. The van der Waals surface area contributed by atoms with Gasteiger partial charge in [0, 0.05) is 18.2 Å². The van der Waals surface area contributed by atoms with E-state index in [9.17, 15) is 14.4 Å². The lowest BCUT2D eigenvalue weighted by atomic mass is 9.97. The molecule has 6 nitrogen and oxygen atoms in total. The zero-order valence-corrected chi connectivity index (χ0v) is 18.0. The molecule has 2 N–H and O–H groups in total. The average Bonchev–Trinajstić information content (AvgIpc) is 2.75. The van der Waals surface area contributed by atoms with Crippen molar-refractivity contribution in [3.63, 3.8) is 0 Å². The Morgan fingerprint density at radius 2 is 1.50 bits per heavy atom. The third-order valence-electron chi connectivity index (χ3n) is 4.81. The van der Waals surface area contributed by atoms with Crippen molar-refractivity contribution in [3.8, 4) is 0 Å². The number of ketones is 1. The molecule has 2 rings (SSSR count). The summed E-state index contributed by atoms with van der Waals surface area (Å²) in [7, 11) is 0. The molecule has 0 fully saturated rings. The molecule has 2 amide bonds. The molecule has 0 aromatic heterocycles. The SMILES string of the molecule is CC[C@H](C)c1ccc(C(=O)COC(=O)c2ccc(CNC(=O)NC(C)C)cc2)cc1. The van der Waals surface area contributed by atoms with Gasteiger partial charge in [-0.25, -0.2) is 9.59 Å². The molecule has 0 saturated carbocycles. The summed E-state index contributed by atoms with van der Waals surface area (Å²) in [4.78, 5) is 36.1. The molecule has 0 aliphatic heterocycles. The van der Waals surface area contributed by atoms with Gasteiger partial charge in [-0.1, -0.05) is 50.2 Å². The number of ether oxygens (including phenoxy) is 1. The Balaban J connectivity index is 1.84. The number of hydrogen-bond acceptors (Lipinski definition) is 4. The molecule has 0 bridgehead atoms. The van der Waals surface area contributed by atoms with E-state index in [0.29, 0.717) is 23.6 Å². The van der Waals surface area contributed by atoms with Crippen LogP contribution < -0.4 is 10.6 Å². The zero-order chi connectivity index (χ0) is 22.1. The molecule has 160 valence electrons. The Kier molecular flexibility index (Phi) is 8.59. The Morgan fingerprint density at radius 1 is 0.900 bits per heavy atom. The molecule has 6 heteroatoms. The molecule has 0 aliphatic carbocycles. The van der Waals surface area contributed by atoms with Crippen molar-refractivity contribution in [1.29, 1.82) is 0 Å². The summed E-state index contributed by atoms with van der Waals surface area (Å²) in [6.45, 7) is 8.06. The second kappa shape index (κ2) is 11.1. The molecule has 0 radical (unpaired) electrons. The van der Waals surface area contributed by atoms with Crippen molar-refractivity contribution < 1.29 is 19.1 Å². The average molecular weight is 411 g/mol. The minimum absolute atomic E-state index is 0.0581. The van der Waals surface area contributed by atoms with Crippen molar-refractivity contribution in [2.75, 3.05) is 6.61 Å². The number of urea groups is 1. The van der Waals surface area contributed by atoms with E-state index in [4.69, 9.17) is 4.74 Å². The van der Waals surface area contributed by atoms with E-state index >= 15 is 0 Å². The summed E-state index contributed by atoms with van der Waals surface area (Å²) in [5.41, 5.74) is 2.91. The van der Waals surface area contributed by atoms with Gasteiger partial charge >= 0.3 is 12.0 Å². The number of esters is 1. The molecule has 30 heavy (non-hydrogen) atoms. The van der Waals surface area contributed by atoms with E-state index in [0.717, 1.165) is 12.0 Å². The molecule has 0 heterocycles. The van der Waals surface area contributed by atoms with Gasteiger partial charge in [-0.05, 0) is 49.4 Å². The number of amides is 2. The number of hydrogen-bond donors (Lipinski definition) is 2. The topological polar surface area (TPSA) is 84.5 Å². The van der Waals surface area contributed by atoms with Gasteiger partial charge in [0.05, 0.1) is 5.56 Å². The fourth-order valence-corrected chi connectivity index (χ4v) is 2.79. The van der Waals surface area contributed by atoms with Crippen LogP contribution in [0.15, 0.2) is 48.5 Å². The fourth-order valence-electron chi connectivity index (χ4n) is 2.79. The highest BCUT2D eigenvalue weighted by Crippen LogP contribution is 2.19. The third-order valence-corrected chi connectivity index (χ3v) is 4.81. The highest BCUT2D eigenvalue weighted by molar-refractivity contribution is 5.99. The summed E-state index contributed by atoms with van der Waals surface area (Å²) in [5.74, 6) is -0.359. The Labute approximate surface area is 178 Å². The van der Waals surface area contributed by atoms with Crippen LogP contribution in [0.4, 0.5) is 4.79 Å². The second-order valence-electron chi connectivity index (χ2n) is 7.61. The highest BCUT2D eigenvalue weighted by Gasteiger charge is 2.13. The smallest absolute Gasteiger partial charge is 0.338 e. The highest BCUT2D eigenvalue weighted by atomic mass is 16.5. The number of carbonyl (C=O) groups is 3. The summed E-state index contributed by atoms with van der Waals surface area (Å²) in [6.07, 6.45) is 1.03. The van der Waals surface area contributed by atoms with Crippen LogP contribution >= 0.6 is 0 Å². The van der Waals surface area contributed by atoms with Crippen molar-refractivity contribution in [2.45, 2.75) is 52.6 Å². The number of benzene rings is 2. The minimum Gasteiger partial charge on any atom is -0.454 e. The summed E-state index contributed by atoms with van der Waals surface area (Å²) >= 11 is 0. The monoisotopic (exact) mass is 410 g/mol. The quantitative estimate of drug-likeness (QED) is 0.473. The summed E-state index contributed by atoms with van der Waals surface area (Å²) in [6, 6.07) is 13.9. The molecule has 0 saturated heterocycles. The maximum absolute atomic E-state index is 12.3. The lowest BCUT2D eigenvalue weighted by Crippen LogP contribution is -2.39. The van der Waals surface area contributed by atoms with Gasteiger partial charge in [0.2, 0.25) is 0 Å². The zero-order valence-electron chi connectivity index (χ0n) is 18.0. The van der Waals surface area contributed by atoms with Gasteiger partial charge < -0.3 is 15.4 Å². The van der Waals surface area contributed by atoms with E-state index in [1.54, 1.807) is 36.4 Å². The number of Topliss-reactive ketones (excluding diaryl/α,β-unsaturated/α-hetero) is 1. The summed E-state index contributed by atoms with van der Waals surface area (Å²) < 4.78 is 5.16. The number of nitrogens with one attached hydrogen (secondary N) is 2. The van der Waals surface area contributed by atoms with Crippen LogP contribution in [0.25, 0.3) is 0 Å². The van der Waals surface area contributed by atoms with E-state index in [1.165, 1.54) is 5.56 Å². The molecule has 1 atom stereocenters. The first-order chi connectivity index (χ1) is 14.3. The molecular formula is C24H30N2O4. The molecular weight excluding hydrogens is 380 g/mol. The van der Waals surface area contributed by atoms with Gasteiger partial charge in [-0.2, -0.15) is 0 Å². The molecule has 0 unspecified atom stereocenters. The van der Waals surface area contributed by atoms with Crippen molar-refractivity contribution >= 4 is 17.8 Å². The molecule has 0 aliphatic rings. The lowest BCUT2D eigenvalue weighted by molar-refractivity contribution is 0.0474. The molecule has 2 aromatic rings. The van der Waals surface area contributed by atoms with Gasteiger partial charge in [-0.3, -0.25) is 4.79 Å². The lowest BCUT2D eigenvalue weighted by Gasteiger charge is -2.10. The van der Waals surface area contributed by atoms with E-state index in [-0.39, 0.29) is 24.5 Å². The number of rotatable bonds is 9. The first kappa shape index (κ1) is 23.1. The van der Waals surface area contributed by atoms with Crippen LogP contribution in [0.1, 0.15) is 71.9 Å². The fraction of sp³-hybridized carbons (Fsp3) is 0.375. The van der Waals surface area contributed by atoms with Crippen molar-refractivity contribution in [3.05, 3.63) is 70.8 Å². The van der Waals surface area contributed by atoms with E-state index in [1.807, 2.05) is 26.0 Å². The molecule has 0 spiro atoms.